The van der Waals surface area contributed by atoms with Crippen LogP contribution in [0.4, 0.5) is 9.59 Å². The fourth-order valence-corrected chi connectivity index (χ4v) is 2.67. The first kappa shape index (κ1) is 19.6. The molecular weight excluding hydrogens is 296 g/mol. The fourth-order valence-electron chi connectivity index (χ4n) is 2.67. The summed E-state index contributed by atoms with van der Waals surface area (Å²) in [6, 6.07) is -0.192. The highest BCUT2D eigenvalue weighted by molar-refractivity contribution is 5.70. The van der Waals surface area contributed by atoms with Gasteiger partial charge in [0.25, 0.3) is 0 Å². The van der Waals surface area contributed by atoms with Crippen molar-refractivity contribution in [2.75, 3.05) is 7.05 Å². The second-order valence-corrected chi connectivity index (χ2v) is 8.20. The molecule has 2 amide bonds. The summed E-state index contributed by atoms with van der Waals surface area (Å²) in [7, 11) is 1.73. The zero-order valence-corrected chi connectivity index (χ0v) is 15.6. The molecule has 23 heavy (non-hydrogen) atoms. The first-order valence-corrected chi connectivity index (χ1v) is 8.34. The molecule has 0 heterocycles. The number of ether oxygens (including phenoxy) is 2. The number of likely N-dealkylation sites (N-methyl/N-ethyl adjacent to an activating group) is 1. The van der Waals surface area contributed by atoms with Gasteiger partial charge in [0.2, 0.25) is 0 Å². The number of hydrogen-bond donors (Lipinski definition) is 1. The SMILES string of the molecule is CN(C(=O)OC(C)(C)C)[C@@H]1CCCC[C@@H]1NC(=O)OC(C)(C)C. The van der Waals surface area contributed by atoms with E-state index in [0.29, 0.717) is 0 Å². The lowest BCUT2D eigenvalue weighted by molar-refractivity contribution is 0.0117. The molecule has 0 saturated heterocycles. The summed E-state index contributed by atoms with van der Waals surface area (Å²) < 4.78 is 10.8. The summed E-state index contributed by atoms with van der Waals surface area (Å²) >= 11 is 0. The van der Waals surface area contributed by atoms with Crippen LogP contribution in [0, 0.1) is 0 Å². The predicted molar refractivity (Wildman–Crippen MR) is 89.4 cm³/mol. The van der Waals surface area contributed by atoms with Crippen LogP contribution in [0.15, 0.2) is 0 Å². The number of amides is 2. The van der Waals surface area contributed by atoms with E-state index in [1.807, 2.05) is 41.5 Å². The van der Waals surface area contributed by atoms with Crippen LogP contribution in [-0.2, 0) is 9.47 Å². The third-order valence-electron chi connectivity index (χ3n) is 3.61. The van der Waals surface area contributed by atoms with Crippen LogP contribution < -0.4 is 5.32 Å². The van der Waals surface area contributed by atoms with Crippen LogP contribution >= 0.6 is 0 Å². The van der Waals surface area contributed by atoms with E-state index in [1.54, 1.807) is 11.9 Å². The summed E-state index contributed by atoms with van der Waals surface area (Å²) in [5.74, 6) is 0. The van der Waals surface area contributed by atoms with Crippen molar-refractivity contribution in [3.8, 4) is 0 Å². The van der Waals surface area contributed by atoms with Crippen molar-refractivity contribution in [1.29, 1.82) is 0 Å². The Kier molecular flexibility index (Phi) is 6.31. The fraction of sp³-hybridized carbons (Fsp3) is 0.882. The number of hydrogen-bond acceptors (Lipinski definition) is 4. The molecule has 0 aromatic heterocycles. The summed E-state index contributed by atoms with van der Waals surface area (Å²) in [5, 5.41) is 2.91. The second-order valence-electron chi connectivity index (χ2n) is 8.20. The molecule has 0 unspecified atom stereocenters. The van der Waals surface area contributed by atoms with Gasteiger partial charge in [0, 0.05) is 7.05 Å². The second kappa shape index (κ2) is 7.41. The van der Waals surface area contributed by atoms with Gasteiger partial charge < -0.3 is 19.7 Å². The molecule has 0 aromatic rings. The molecule has 6 nitrogen and oxygen atoms in total. The normalized spacial score (nSPS) is 22.2. The third-order valence-corrected chi connectivity index (χ3v) is 3.61. The molecule has 0 bridgehead atoms. The molecule has 1 fully saturated rings. The molecule has 1 N–H and O–H groups in total. The van der Waals surface area contributed by atoms with Crippen molar-refractivity contribution >= 4 is 12.2 Å². The van der Waals surface area contributed by atoms with E-state index in [2.05, 4.69) is 5.32 Å². The monoisotopic (exact) mass is 328 g/mol. The zero-order valence-electron chi connectivity index (χ0n) is 15.6. The molecule has 134 valence electrons. The highest BCUT2D eigenvalue weighted by Gasteiger charge is 2.34. The Morgan fingerprint density at radius 1 is 0.957 bits per heavy atom. The quantitative estimate of drug-likeness (QED) is 0.839. The Labute approximate surface area is 139 Å². The van der Waals surface area contributed by atoms with Crippen LogP contribution in [0.25, 0.3) is 0 Å². The average Bonchev–Trinajstić information content (AvgIpc) is 2.34. The van der Waals surface area contributed by atoms with E-state index < -0.39 is 17.3 Å². The van der Waals surface area contributed by atoms with Gasteiger partial charge in [0.05, 0.1) is 12.1 Å². The minimum absolute atomic E-state index is 0.0777. The van der Waals surface area contributed by atoms with E-state index in [4.69, 9.17) is 9.47 Å². The maximum Gasteiger partial charge on any atom is 0.410 e. The maximum absolute atomic E-state index is 12.3. The Morgan fingerprint density at radius 2 is 1.48 bits per heavy atom. The number of alkyl carbamates (subject to hydrolysis) is 1. The van der Waals surface area contributed by atoms with Crippen molar-refractivity contribution in [3.63, 3.8) is 0 Å². The van der Waals surface area contributed by atoms with Crippen LogP contribution in [0.5, 0.6) is 0 Å². The molecule has 2 atom stereocenters. The lowest BCUT2D eigenvalue weighted by Gasteiger charge is -2.38. The zero-order chi connectivity index (χ0) is 17.8. The molecule has 0 aromatic carbocycles. The van der Waals surface area contributed by atoms with Crippen molar-refractivity contribution < 1.29 is 19.1 Å². The highest BCUT2D eigenvalue weighted by atomic mass is 16.6. The van der Waals surface area contributed by atoms with Crippen LogP contribution in [-0.4, -0.2) is 47.4 Å². The number of carbonyl (C=O) groups is 2. The van der Waals surface area contributed by atoms with Gasteiger partial charge in [-0.1, -0.05) is 12.8 Å². The Bertz CT molecular complexity index is 423. The first-order valence-electron chi connectivity index (χ1n) is 8.34. The number of nitrogens with one attached hydrogen (secondary N) is 1. The highest BCUT2D eigenvalue weighted by Crippen LogP contribution is 2.24. The van der Waals surface area contributed by atoms with Crippen LogP contribution in [0.3, 0.4) is 0 Å². The molecule has 6 heteroatoms. The molecule has 0 spiro atoms. The Hall–Kier alpha value is -1.46. The van der Waals surface area contributed by atoms with Gasteiger partial charge in [-0.05, 0) is 54.4 Å². The number of rotatable bonds is 2. The van der Waals surface area contributed by atoms with Gasteiger partial charge >= 0.3 is 12.2 Å². The van der Waals surface area contributed by atoms with E-state index in [0.717, 1.165) is 25.7 Å². The van der Waals surface area contributed by atoms with Crippen molar-refractivity contribution in [3.05, 3.63) is 0 Å². The van der Waals surface area contributed by atoms with Gasteiger partial charge in [0.1, 0.15) is 11.2 Å². The number of nitrogens with zero attached hydrogens (tertiary/aromatic N) is 1. The third kappa shape index (κ3) is 7.10. The van der Waals surface area contributed by atoms with E-state index >= 15 is 0 Å². The standard InChI is InChI=1S/C17H32N2O4/c1-16(2,3)22-14(20)18-12-10-8-9-11-13(12)19(7)15(21)23-17(4,5)6/h12-13H,8-11H2,1-7H3,(H,18,20)/t12-,13+/m0/s1. The van der Waals surface area contributed by atoms with Crippen LogP contribution in [0.1, 0.15) is 67.2 Å². The molecule has 1 aliphatic carbocycles. The lowest BCUT2D eigenvalue weighted by Crippen LogP contribution is -2.55. The van der Waals surface area contributed by atoms with E-state index in [9.17, 15) is 9.59 Å². The van der Waals surface area contributed by atoms with E-state index in [-0.39, 0.29) is 18.2 Å². The van der Waals surface area contributed by atoms with Gasteiger partial charge in [-0.25, -0.2) is 9.59 Å². The number of carbonyl (C=O) groups excluding carboxylic acids is 2. The van der Waals surface area contributed by atoms with Crippen molar-refractivity contribution in [2.24, 2.45) is 0 Å². The molecule has 1 rings (SSSR count). The van der Waals surface area contributed by atoms with Crippen LogP contribution in [0.2, 0.25) is 0 Å². The first-order chi connectivity index (χ1) is 10.4. The smallest absolute Gasteiger partial charge is 0.410 e. The molecule has 0 radical (unpaired) electrons. The summed E-state index contributed by atoms with van der Waals surface area (Å²) in [5.41, 5.74) is -1.07. The minimum atomic E-state index is -0.536. The summed E-state index contributed by atoms with van der Waals surface area (Å²) in [4.78, 5) is 25.9. The summed E-state index contributed by atoms with van der Waals surface area (Å²) in [6.07, 6.45) is 2.93. The minimum Gasteiger partial charge on any atom is -0.444 e. The largest absolute Gasteiger partial charge is 0.444 e. The van der Waals surface area contributed by atoms with E-state index in [1.165, 1.54) is 0 Å². The Balaban J connectivity index is 2.70. The van der Waals surface area contributed by atoms with Crippen molar-refractivity contribution in [1.82, 2.24) is 10.2 Å². The molecule has 1 aliphatic rings. The molecule has 0 aliphatic heterocycles. The van der Waals surface area contributed by atoms with Gasteiger partial charge in [-0.2, -0.15) is 0 Å². The lowest BCUT2D eigenvalue weighted by atomic mass is 9.89. The van der Waals surface area contributed by atoms with Gasteiger partial charge in [-0.3, -0.25) is 0 Å². The summed E-state index contributed by atoms with van der Waals surface area (Å²) in [6.45, 7) is 11.0. The molecule has 1 saturated carbocycles. The van der Waals surface area contributed by atoms with Crippen molar-refractivity contribution in [2.45, 2.75) is 90.5 Å². The van der Waals surface area contributed by atoms with Gasteiger partial charge in [-0.15, -0.1) is 0 Å². The Morgan fingerprint density at radius 3 is 2.00 bits per heavy atom. The molecular formula is C17H32N2O4. The average molecular weight is 328 g/mol. The topological polar surface area (TPSA) is 67.9 Å². The predicted octanol–water partition coefficient (Wildman–Crippen LogP) is 3.69. The maximum atomic E-state index is 12.3. The van der Waals surface area contributed by atoms with Gasteiger partial charge in [0.15, 0.2) is 0 Å².